The van der Waals surface area contributed by atoms with Gasteiger partial charge >= 0.3 is 0 Å². The summed E-state index contributed by atoms with van der Waals surface area (Å²) >= 11 is 6.29. The van der Waals surface area contributed by atoms with Gasteiger partial charge < -0.3 is 10.6 Å². The van der Waals surface area contributed by atoms with E-state index in [0.717, 1.165) is 37.5 Å². The van der Waals surface area contributed by atoms with Crippen LogP contribution in [0.5, 0.6) is 0 Å². The van der Waals surface area contributed by atoms with Crippen molar-refractivity contribution in [1.29, 1.82) is 0 Å². The highest BCUT2D eigenvalue weighted by molar-refractivity contribution is 6.31. The van der Waals surface area contributed by atoms with Gasteiger partial charge in [0.1, 0.15) is 0 Å². The molecule has 0 unspecified atom stereocenters. The third kappa shape index (κ3) is 3.78. The molecular formula is C17H28ClN3. The Labute approximate surface area is 134 Å². The van der Waals surface area contributed by atoms with E-state index in [0.29, 0.717) is 12.6 Å². The third-order valence-corrected chi connectivity index (χ3v) is 5.38. The summed E-state index contributed by atoms with van der Waals surface area (Å²) in [5.41, 5.74) is 7.44. The summed E-state index contributed by atoms with van der Waals surface area (Å²) in [5.74, 6) is 0. The van der Waals surface area contributed by atoms with Crippen LogP contribution in [0.4, 0.5) is 0 Å². The maximum Gasteiger partial charge on any atom is 0.0451 e. The molecule has 1 aliphatic rings. The molecule has 0 spiro atoms. The molecule has 21 heavy (non-hydrogen) atoms. The first-order chi connectivity index (χ1) is 9.98. The largest absolute Gasteiger partial charge is 0.329 e. The van der Waals surface area contributed by atoms with Crippen molar-refractivity contribution in [2.75, 3.05) is 26.7 Å². The summed E-state index contributed by atoms with van der Waals surface area (Å²) in [6.07, 6.45) is 2.26. The SMILES string of the molecule is CC(C)N1CCC(CN)(N(C)Cc2ccccc2Cl)CC1. The van der Waals surface area contributed by atoms with Crippen LogP contribution in [-0.4, -0.2) is 48.1 Å². The molecule has 1 fully saturated rings. The Hall–Kier alpha value is -0.610. The Morgan fingerprint density at radius 3 is 2.43 bits per heavy atom. The Bertz CT molecular complexity index is 453. The van der Waals surface area contributed by atoms with Crippen molar-refractivity contribution in [3.05, 3.63) is 34.9 Å². The summed E-state index contributed by atoms with van der Waals surface area (Å²) in [7, 11) is 2.18. The number of likely N-dealkylation sites (N-methyl/N-ethyl adjacent to an activating group) is 1. The standard InChI is InChI=1S/C17H28ClN3/c1-14(2)21-10-8-17(13-19,9-11-21)20(3)12-15-6-4-5-7-16(15)18/h4-7,14H,8-13,19H2,1-3H3. The predicted octanol–water partition coefficient (Wildman–Crippen LogP) is 2.97. The van der Waals surface area contributed by atoms with Gasteiger partial charge in [0.2, 0.25) is 0 Å². The second-order valence-corrected chi connectivity index (χ2v) is 6.91. The number of piperidine rings is 1. The van der Waals surface area contributed by atoms with Crippen LogP contribution in [0, 0.1) is 0 Å². The molecule has 2 N–H and O–H groups in total. The smallest absolute Gasteiger partial charge is 0.0451 e. The fourth-order valence-corrected chi connectivity index (χ4v) is 3.44. The maximum atomic E-state index is 6.29. The van der Waals surface area contributed by atoms with Crippen LogP contribution in [0.3, 0.4) is 0 Å². The third-order valence-electron chi connectivity index (χ3n) is 5.01. The van der Waals surface area contributed by atoms with E-state index in [2.05, 4.69) is 36.8 Å². The van der Waals surface area contributed by atoms with E-state index < -0.39 is 0 Å². The summed E-state index contributed by atoms with van der Waals surface area (Å²) in [4.78, 5) is 4.95. The number of benzene rings is 1. The molecule has 3 nitrogen and oxygen atoms in total. The zero-order valence-corrected chi connectivity index (χ0v) is 14.2. The Balaban J connectivity index is 2.06. The lowest BCUT2D eigenvalue weighted by atomic mass is 9.85. The van der Waals surface area contributed by atoms with Gasteiger partial charge in [-0.25, -0.2) is 0 Å². The molecular weight excluding hydrogens is 282 g/mol. The molecule has 0 atom stereocenters. The zero-order chi connectivity index (χ0) is 15.5. The van der Waals surface area contributed by atoms with Crippen LogP contribution in [0.1, 0.15) is 32.3 Å². The first kappa shape index (κ1) is 16.8. The fourth-order valence-electron chi connectivity index (χ4n) is 3.25. The van der Waals surface area contributed by atoms with Crippen LogP contribution < -0.4 is 5.73 Å². The lowest BCUT2D eigenvalue weighted by Crippen LogP contribution is -2.58. The van der Waals surface area contributed by atoms with Crippen molar-refractivity contribution in [3.8, 4) is 0 Å². The van der Waals surface area contributed by atoms with Crippen molar-refractivity contribution in [2.24, 2.45) is 5.73 Å². The highest BCUT2D eigenvalue weighted by atomic mass is 35.5. The van der Waals surface area contributed by atoms with Crippen molar-refractivity contribution in [2.45, 2.75) is 44.8 Å². The second kappa shape index (κ2) is 7.10. The lowest BCUT2D eigenvalue weighted by molar-refractivity contribution is 0.0298. The summed E-state index contributed by atoms with van der Waals surface area (Å²) < 4.78 is 0. The average molecular weight is 310 g/mol. The van der Waals surface area contributed by atoms with Crippen LogP contribution in [0.2, 0.25) is 5.02 Å². The van der Waals surface area contributed by atoms with Crippen LogP contribution in [-0.2, 0) is 6.54 Å². The van der Waals surface area contributed by atoms with Crippen LogP contribution >= 0.6 is 11.6 Å². The van der Waals surface area contributed by atoms with Gasteiger partial charge in [-0.2, -0.15) is 0 Å². The van der Waals surface area contributed by atoms with E-state index in [1.54, 1.807) is 0 Å². The second-order valence-electron chi connectivity index (χ2n) is 6.51. The summed E-state index contributed by atoms with van der Waals surface area (Å²) in [6.45, 7) is 8.35. The lowest BCUT2D eigenvalue weighted by Gasteiger charge is -2.48. The summed E-state index contributed by atoms with van der Waals surface area (Å²) in [6, 6.07) is 8.71. The van der Waals surface area contributed by atoms with Gasteiger partial charge in [0, 0.05) is 42.8 Å². The molecule has 0 bridgehead atoms. The van der Waals surface area contributed by atoms with E-state index in [-0.39, 0.29) is 5.54 Å². The Kier molecular flexibility index (Phi) is 5.67. The van der Waals surface area contributed by atoms with Crippen LogP contribution in [0.25, 0.3) is 0 Å². The maximum absolute atomic E-state index is 6.29. The first-order valence-electron chi connectivity index (χ1n) is 7.87. The van der Waals surface area contributed by atoms with Gasteiger partial charge in [-0.05, 0) is 45.4 Å². The van der Waals surface area contributed by atoms with Crippen LogP contribution in [0.15, 0.2) is 24.3 Å². The topological polar surface area (TPSA) is 32.5 Å². The Morgan fingerprint density at radius 1 is 1.29 bits per heavy atom. The highest BCUT2D eigenvalue weighted by Crippen LogP contribution is 2.30. The molecule has 0 amide bonds. The average Bonchev–Trinajstić information content (AvgIpc) is 2.49. The number of nitrogens with two attached hydrogens (primary N) is 1. The van der Waals surface area contributed by atoms with E-state index in [4.69, 9.17) is 17.3 Å². The highest BCUT2D eigenvalue weighted by Gasteiger charge is 2.37. The number of rotatable bonds is 5. The van der Waals surface area contributed by atoms with Gasteiger partial charge in [-0.1, -0.05) is 29.8 Å². The monoisotopic (exact) mass is 309 g/mol. The molecule has 2 rings (SSSR count). The van der Waals surface area contributed by atoms with Gasteiger partial charge in [-0.3, -0.25) is 4.90 Å². The molecule has 1 heterocycles. The van der Waals surface area contributed by atoms with Crippen molar-refractivity contribution in [1.82, 2.24) is 9.80 Å². The van der Waals surface area contributed by atoms with E-state index >= 15 is 0 Å². The molecule has 1 saturated heterocycles. The normalized spacial score (nSPS) is 19.4. The van der Waals surface area contributed by atoms with E-state index in [1.165, 1.54) is 5.56 Å². The summed E-state index contributed by atoms with van der Waals surface area (Å²) in [5, 5.41) is 0.844. The van der Waals surface area contributed by atoms with Gasteiger partial charge in [-0.15, -0.1) is 0 Å². The van der Waals surface area contributed by atoms with Gasteiger partial charge in [0.05, 0.1) is 0 Å². The quantitative estimate of drug-likeness (QED) is 0.907. The molecule has 0 saturated carbocycles. The molecule has 4 heteroatoms. The molecule has 0 radical (unpaired) electrons. The van der Waals surface area contributed by atoms with E-state index in [9.17, 15) is 0 Å². The van der Waals surface area contributed by atoms with Crippen molar-refractivity contribution < 1.29 is 0 Å². The minimum Gasteiger partial charge on any atom is -0.329 e. The number of likely N-dealkylation sites (tertiary alicyclic amines) is 1. The minimum atomic E-state index is 0.102. The van der Waals surface area contributed by atoms with Gasteiger partial charge in [0.15, 0.2) is 0 Å². The number of hydrogen-bond donors (Lipinski definition) is 1. The number of nitrogens with zero attached hydrogens (tertiary/aromatic N) is 2. The fraction of sp³-hybridized carbons (Fsp3) is 0.647. The van der Waals surface area contributed by atoms with Gasteiger partial charge in [0.25, 0.3) is 0 Å². The Morgan fingerprint density at radius 2 is 1.90 bits per heavy atom. The first-order valence-corrected chi connectivity index (χ1v) is 8.25. The molecule has 0 aliphatic carbocycles. The molecule has 0 aromatic heterocycles. The molecule has 118 valence electrons. The molecule has 1 aromatic rings. The zero-order valence-electron chi connectivity index (χ0n) is 13.5. The number of hydrogen-bond acceptors (Lipinski definition) is 3. The van der Waals surface area contributed by atoms with Crippen molar-refractivity contribution >= 4 is 11.6 Å². The predicted molar refractivity (Wildman–Crippen MR) is 90.6 cm³/mol. The minimum absolute atomic E-state index is 0.102. The molecule has 1 aliphatic heterocycles. The molecule has 1 aromatic carbocycles. The number of halogens is 1. The van der Waals surface area contributed by atoms with Crippen molar-refractivity contribution in [3.63, 3.8) is 0 Å². The van der Waals surface area contributed by atoms with E-state index in [1.807, 2.05) is 18.2 Å².